The van der Waals surface area contributed by atoms with Gasteiger partial charge in [0.1, 0.15) is 12.1 Å². The van der Waals surface area contributed by atoms with E-state index in [2.05, 4.69) is 15.3 Å². The third-order valence-corrected chi connectivity index (χ3v) is 2.65. The molecule has 0 aliphatic rings. The van der Waals surface area contributed by atoms with Crippen molar-refractivity contribution in [3.63, 3.8) is 0 Å². The Bertz CT molecular complexity index is 473. The summed E-state index contributed by atoms with van der Waals surface area (Å²) in [6.45, 7) is 0. The van der Waals surface area contributed by atoms with Crippen LogP contribution in [-0.4, -0.2) is 24.1 Å². The molecule has 4 heteroatoms. The minimum Gasteiger partial charge on any atom is -0.496 e. The monoisotopic (exact) mass is 229 g/mol. The molecule has 2 rings (SSSR count). The van der Waals surface area contributed by atoms with Gasteiger partial charge in [0.25, 0.3) is 0 Å². The lowest BCUT2D eigenvalue weighted by Crippen LogP contribution is -2.18. The summed E-state index contributed by atoms with van der Waals surface area (Å²) in [5.74, 6) is 0.857. The Balaban J connectivity index is 2.42. The summed E-state index contributed by atoms with van der Waals surface area (Å²) in [4.78, 5) is 8.09. The molecule has 1 N–H and O–H groups in total. The zero-order valence-electron chi connectivity index (χ0n) is 9.92. The fourth-order valence-corrected chi connectivity index (χ4v) is 1.87. The maximum absolute atomic E-state index is 5.37. The van der Waals surface area contributed by atoms with Crippen LogP contribution in [0.4, 0.5) is 0 Å². The molecule has 0 amide bonds. The summed E-state index contributed by atoms with van der Waals surface area (Å²) < 4.78 is 5.37. The van der Waals surface area contributed by atoms with Gasteiger partial charge in [-0.05, 0) is 13.1 Å². The molecule has 1 heterocycles. The Hall–Kier alpha value is -1.94. The SMILES string of the molecule is CNC(c1cncnc1)c1ccccc1OC. The molecular weight excluding hydrogens is 214 g/mol. The Labute approximate surface area is 101 Å². The van der Waals surface area contributed by atoms with E-state index in [0.29, 0.717) is 0 Å². The highest BCUT2D eigenvalue weighted by Crippen LogP contribution is 2.28. The minimum atomic E-state index is 0.0346. The van der Waals surface area contributed by atoms with Gasteiger partial charge >= 0.3 is 0 Å². The van der Waals surface area contributed by atoms with Crippen LogP contribution in [0, 0.1) is 0 Å². The number of hydrogen-bond donors (Lipinski definition) is 1. The van der Waals surface area contributed by atoms with Crippen molar-refractivity contribution in [1.82, 2.24) is 15.3 Å². The Kier molecular flexibility index (Phi) is 3.67. The van der Waals surface area contributed by atoms with Crippen LogP contribution >= 0.6 is 0 Å². The molecule has 4 nitrogen and oxygen atoms in total. The van der Waals surface area contributed by atoms with Crippen LogP contribution in [0.5, 0.6) is 5.75 Å². The van der Waals surface area contributed by atoms with E-state index in [1.54, 1.807) is 19.5 Å². The van der Waals surface area contributed by atoms with Gasteiger partial charge in [-0.2, -0.15) is 0 Å². The van der Waals surface area contributed by atoms with Crippen LogP contribution in [0.2, 0.25) is 0 Å². The van der Waals surface area contributed by atoms with Crippen molar-refractivity contribution >= 4 is 0 Å². The lowest BCUT2D eigenvalue weighted by atomic mass is 10.0. The van der Waals surface area contributed by atoms with E-state index in [0.717, 1.165) is 16.9 Å². The van der Waals surface area contributed by atoms with Crippen molar-refractivity contribution < 1.29 is 4.74 Å². The van der Waals surface area contributed by atoms with E-state index in [1.807, 2.05) is 31.3 Å². The predicted octanol–water partition coefficient (Wildman–Crippen LogP) is 1.79. The average Bonchev–Trinajstić information content (AvgIpc) is 2.41. The van der Waals surface area contributed by atoms with E-state index in [1.165, 1.54) is 6.33 Å². The number of ether oxygens (including phenoxy) is 1. The smallest absolute Gasteiger partial charge is 0.123 e. The number of benzene rings is 1. The molecule has 0 aliphatic carbocycles. The van der Waals surface area contributed by atoms with Crippen molar-refractivity contribution in [2.75, 3.05) is 14.2 Å². The maximum Gasteiger partial charge on any atom is 0.123 e. The second-order valence-electron chi connectivity index (χ2n) is 3.64. The summed E-state index contributed by atoms with van der Waals surface area (Å²) in [6, 6.07) is 7.96. The molecule has 0 bridgehead atoms. The highest BCUT2D eigenvalue weighted by molar-refractivity contribution is 5.40. The summed E-state index contributed by atoms with van der Waals surface area (Å²) in [6.07, 6.45) is 5.14. The fraction of sp³-hybridized carbons (Fsp3) is 0.231. The number of nitrogens with one attached hydrogen (secondary N) is 1. The van der Waals surface area contributed by atoms with E-state index in [9.17, 15) is 0 Å². The zero-order chi connectivity index (χ0) is 12.1. The van der Waals surface area contributed by atoms with E-state index >= 15 is 0 Å². The third kappa shape index (κ3) is 2.42. The lowest BCUT2D eigenvalue weighted by Gasteiger charge is -2.18. The summed E-state index contributed by atoms with van der Waals surface area (Å²) in [7, 11) is 3.58. The van der Waals surface area contributed by atoms with Crippen molar-refractivity contribution in [3.8, 4) is 5.75 Å². The number of aromatic nitrogens is 2. The molecule has 88 valence electrons. The maximum atomic E-state index is 5.37. The van der Waals surface area contributed by atoms with Crippen LogP contribution in [0.25, 0.3) is 0 Å². The first-order valence-electron chi connectivity index (χ1n) is 5.42. The van der Waals surface area contributed by atoms with Crippen LogP contribution in [0.1, 0.15) is 17.2 Å². The second kappa shape index (κ2) is 5.41. The zero-order valence-corrected chi connectivity index (χ0v) is 9.92. The number of para-hydroxylation sites is 1. The first kappa shape index (κ1) is 11.5. The molecule has 1 aromatic carbocycles. The Morgan fingerprint density at radius 2 is 1.88 bits per heavy atom. The van der Waals surface area contributed by atoms with E-state index in [4.69, 9.17) is 4.74 Å². The van der Waals surface area contributed by atoms with Gasteiger partial charge in [-0.25, -0.2) is 9.97 Å². The molecule has 0 saturated carbocycles. The normalized spacial score (nSPS) is 12.1. The molecule has 0 saturated heterocycles. The summed E-state index contributed by atoms with van der Waals surface area (Å²) in [5, 5.41) is 3.25. The molecule has 0 spiro atoms. The molecule has 0 fully saturated rings. The number of rotatable bonds is 4. The fourth-order valence-electron chi connectivity index (χ4n) is 1.87. The van der Waals surface area contributed by atoms with Gasteiger partial charge in [0.2, 0.25) is 0 Å². The molecule has 0 radical (unpaired) electrons. The quantitative estimate of drug-likeness (QED) is 0.868. The Morgan fingerprint density at radius 1 is 1.18 bits per heavy atom. The molecule has 1 atom stereocenters. The minimum absolute atomic E-state index is 0.0346. The van der Waals surface area contributed by atoms with Gasteiger partial charge in [-0.3, -0.25) is 0 Å². The third-order valence-electron chi connectivity index (χ3n) is 2.65. The largest absolute Gasteiger partial charge is 0.496 e. The van der Waals surface area contributed by atoms with Crippen molar-refractivity contribution in [1.29, 1.82) is 0 Å². The van der Waals surface area contributed by atoms with Crippen LogP contribution in [-0.2, 0) is 0 Å². The van der Waals surface area contributed by atoms with Gasteiger partial charge < -0.3 is 10.1 Å². The molecule has 1 aromatic heterocycles. The Morgan fingerprint density at radius 3 is 2.53 bits per heavy atom. The van der Waals surface area contributed by atoms with Gasteiger partial charge in [0.15, 0.2) is 0 Å². The van der Waals surface area contributed by atoms with E-state index < -0.39 is 0 Å². The highest BCUT2D eigenvalue weighted by Gasteiger charge is 2.16. The summed E-state index contributed by atoms with van der Waals surface area (Å²) in [5.41, 5.74) is 2.09. The van der Waals surface area contributed by atoms with Crippen LogP contribution in [0.15, 0.2) is 43.0 Å². The highest BCUT2D eigenvalue weighted by atomic mass is 16.5. The van der Waals surface area contributed by atoms with Crippen molar-refractivity contribution in [2.45, 2.75) is 6.04 Å². The molecule has 1 unspecified atom stereocenters. The number of methoxy groups -OCH3 is 1. The number of hydrogen-bond acceptors (Lipinski definition) is 4. The average molecular weight is 229 g/mol. The lowest BCUT2D eigenvalue weighted by molar-refractivity contribution is 0.405. The van der Waals surface area contributed by atoms with Crippen molar-refractivity contribution in [2.24, 2.45) is 0 Å². The first-order chi connectivity index (χ1) is 8.36. The molecule has 0 aliphatic heterocycles. The molecule has 2 aromatic rings. The second-order valence-corrected chi connectivity index (χ2v) is 3.64. The molecular formula is C13H15N3O. The molecule has 17 heavy (non-hydrogen) atoms. The number of nitrogens with zero attached hydrogens (tertiary/aromatic N) is 2. The van der Waals surface area contributed by atoms with Gasteiger partial charge in [0.05, 0.1) is 13.2 Å². The first-order valence-corrected chi connectivity index (χ1v) is 5.42. The van der Waals surface area contributed by atoms with Gasteiger partial charge in [0, 0.05) is 23.5 Å². The van der Waals surface area contributed by atoms with Crippen LogP contribution < -0.4 is 10.1 Å². The van der Waals surface area contributed by atoms with E-state index in [-0.39, 0.29) is 6.04 Å². The predicted molar refractivity (Wildman–Crippen MR) is 65.9 cm³/mol. The van der Waals surface area contributed by atoms with Gasteiger partial charge in [-0.1, -0.05) is 18.2 Å². The standard InChI is InChI=1S/C13H15N3O/c1-14-13(10-7-15-9-16-8-10)11-5-3-4-6-12(11)17-2/h3-9,13-14H,1-2H3. The topological polar surface area (TPSA) is 47.0 Å². The van der Waals surface area contributed by atoms with Crippen LogP contribution in [0.3, 0.4) is 0 Å². The van der Waals surface area contributed by atoms with Gasteiger partial charge in [-0.15, -0.1) is 0 Å². The van der Waals surface area contributed by atoms with Crippen molar-refractivity contribution in [3.05, 3.63) is 54.1 Å². The summed E-state index contributed by atoms with van der Waals surface area (Å²) >= 11 is 0.